The Morgan fingerprint density at radius 2 is 1.71 bits per heavy atom. The summed E-state index contributed by atoms with van der Waals surface area (Å²) in [5.41, 5.74) is 7.80. The van der Waals surface area contributed by atoms with Crippen molar-refractivity contribution in [3.8, 4) is 0 Å². The number of nitrogens with two attached hydrogens (primary N) is 1. The van der Waals surface area contributed by atoms with E-state index in [1.807, 2.05) is 38.1 Å². The predicted octanol–water partition coefficient (Wildman–Crippen LogP) is 0.910. The maximum Gasteiger partial charge on any atom is 0.322 e. The van der Waals surface area contributed by atoms with E-state index in [2.05, 4.69) is 20.9 Å². The summed E-state index contributed by atoms with van der Waals surface area (Å²) in [5, 5.41) is 17.5. The maximum atomic E-state index is 13.3. The molecule has 0 aliphatic heterocycles. The Balaban J connectivity index is 2.27. The minimum Gasteiger partial charge on any atom is -0.480 e. The van der Waals surface area contributed by atoms with Crippen molar-refractivity contribution in [3.05, 3.63) is 36.0 Å². The van der Waals surface area contributed by atoms with Gasteiger partial charge in [-0.15, -0.1) is 0 Å². The van der Waals surface area contributed by atoms with Crippen LogP contribution >= 0.6 is 0 Å². The van der Waals surface area contributed by atoms with Gasteiger partial charge in [0.2, 0.25) is 17.7 Å². The van der Waals surface area contributed by atoms with E-state index in [-0.39, 0.29) is 18.3 Å². The van der Waals surface area contributed by atoms with Gasteiger partial charge in [0, 0.05) is 23.5 Å². The molecule has 3 amide bonds. The molecule has 186 valence electrons. The highest BCUT2D eigenvalue weighted by Gasteiger charge is 2.31. The molecule has 1 heterocycles. The van der Waals surface area contributed by atoms with Crippen LogP contribution in [0.4, 0.5) is 0 Å². The van der Waals surface area contributed by atoms with Crippen molar-refractivity contribution in [3.63, 3.8) is 0 Å². The highest BCUT2D eigenvalue weighted by atomic mass is 16.4. The van der Waals surface area contributed by atoms with Gasteiger partial charge in [-0.1, -0.05) is 52.3 Å². The van der Waals surface area contributed by atoms with E-state index in [0.717, 1.165) is 16.5 Å². The van der Waals surface area contributed by atoms with Crippen molar-refractivity contribution in [2.75, 3.05) is 6.54 Å². The SMILES string of the molecule is CCC(C)C(N)C(=O)NC(Cc1c[nH]c2ccccc12)C(=O)NC(C(=O)NCC(=O)O)C(C)C. The number of para-hydroxylation sites is 1. The monoisotopic (exact) mass is 473 g/mol. The molecule has 4 atom stereocenters. The van der Waals surface area contributed by atoms with Crippen molar-refractivity contribution in [2.45, 2.75) is 58.7 Å². The molecule has 10 heteroatoms. The topological polar surface area (TPSA) is 166 Å². The molecule has 1 aromatic carbocycles. The zero-order valence-electron chi connectivity index (χ0n) is 20.1. The van der Waals surface area contributed by atoms with E-state index in [0.29, 0.717) is 6.42 Å². The molecule has 0 aliphatic rings. The lowest BCUT2D eigenvalue weighted by atomic mass is 9.97. The van der Waals surface area contributed by atoms with Crippen LogP contribution in [0.2, 0.25) is 0 Å². The molecule has 0 saturated carbocycles. The highest BCUT2D eigenvalue weighted by Crippen LogP contribution is 2.19. The third-order valence-electron chi connectivity index (χ3n) is 5.95. The number of fused-ring (bicyclic) bond motifs is 1. The molecule has 0 bridgehead atoms. The largest absolute Gasteiger partial charge is 0.480 e. The van der Waals surface area contributed by atoms with Crippen molar-refractivity contribution in [2.24, 2.45) is 17.6 Å². The smallest absolute Gasteiger partial charge is 0.322 e. The Hall–Kier alpha value is -3.40. The second-order valence-electron chi connectivity index (χ2n) is 8.88. The number of hydrogen-bond acceptors (Lipinski definition) is 5. The number of carbonyl (C=O) groups is 4. The zero-order chi connectivity index (χ0) is 25.4. The fourth-order valence-electron chi connectivity index (χ4n) is 3.57. The van der Waals surface area contributed by atoms with Gasteiger partial charge in [0.1, 0.15) is 18.6 Å². The van der Waals surface area contributed by atoms with Gasteiger partial charge in [0.25, 0.3) is 0 Å². The van der Waals surface area contributed by atoms with Crippen molar-refractivity contribution in [1.82, 2.24) is 20.9 Å². The first-order valence-corrected chi connectivity index (χ1v) is 11.5. The van der Waals surface area contributed by atoms with E-state index < -0.39 is 48.4 Å². The third-order valence-corrected chi connectivity index (χ3v) is 5.95. The average Bonchev–Trinajstić information content (AvgIpc) is 3.21. The number of benzene rings is 1. The minimum atomic E-state index is -1.19. The molecule has 1 aromatic heterocycles. The third kappa shape index (κ3) is 7.05. The van der Waals surface area contributed by atoms with Crippen LogP contribution in [-0.2, 0) is 25.6 Å². The number of amides is 3. The Morgan fingerprint density at radius 1 is 1.03 bits per heavy atom. The molecule has 0 saturated heterocycles. The van der Waals surface area contributed by atoms with E-state index >= 15 is 0 Å². The predicted molar refractivity (Wildman–Crippen MR) is 129 cm³/mol. The molecule has 0 fully saturated rings. The number of carboxylic acids is 1. The van der Waals surface area contributed by atoms with Crippen molar-refractivity contribution in [1.29, 1.82) is 0 Å². The standard InChI is InChI=1S/C24H35N5O5/c1-5-14(4)20(25)23(33)28-18(10-15-11-26-17-9-7-6-8-16(15)17)22(32)29-21(13(2)3)24(34)27-12-19(30)31/h6-9,11,13-14,18,20-21,26H,5,10,12,25H2,1-4H3,(H,27,34)(H,28,33)(H,29,32)(H,30,31). The van der Waals surface area contributed by atoms with Crippen LogP contribution in [0.5, 0.6) is 0 Å². The van der Waals surface area contributed by atoms with Crippen molar-refractivity contribution < 1.29 is 24.3 Å². The number of H-pyrrole nitrogens is 1. The highest BCUT2D eigenvalue weighted by molar-refractivity contribution is 5.94. The maximum absolute atomic E-state index is 13.3. The quantitative estimate of drug-likeness (QED) is 0.268. The summed E-state index contributed by atoms with van der Waals surface area (Å²) < 4.78 is 0. The normalized spacial score (nSPS) is 14.8. The number of aliphatic carboxylic acids is 1. The number of aromatic nitrogens is 1. The number of rotatable bonds is 12. The molecule has 10 nitrogen and oxygen atoms in total. The van der Waals surface area contributed by atoms with Crippen LogP contribution in [-0.4, -0.2) is 58.5 Å². The minimum absolute atomic E-state index is 0.0815. The first-order chi connectivity index (χ1) is 16.0. The lowest BCUT2D eigenvalue weighted by Crippen LogP contribution is -2.58. The fraction of sp³-hybridized carbons (Fsp3) is 0.500. The van der Waals surface area contributed by atoms with Gasteiger partial charge < -0.3 is 31.8 Å². The van der Waals surface area contributed by atoms with Gasteiger partial charge in [0.05, 0.1) is 6.04 Å². The van der Waals surface area contributed by atoms with Crippen LogP contribution in [0.1, 0.15) is 39.7 Å². The molecule has 34 heavy (non-hydrogen) atoms. The van der Waals surface area contributed by atoms with Gasteiger partial charge in [-0.05, 0) is 23.5 Å². The number of aromatic amines is 1. The zero-order valence-corrected chi connectivity index (χ0v) is 20.1. The number of carboxylic acid groups (broad SMARTS) is 1. The van der Waals surface area contributed by atoms with Gasteiger partial charge >= 0.3 is 5.97 Å². The number of carbonyl (C=O) groups excluding carboxylic acids is 3. The first-order valence-electron chi connectivity index (χ1n) is 11.5. The van der Waals surface area contributed by atoms with E-state index in [1.54, 1.807) is 20.0 Å². The molecule has 0 radical (unpaired) electrons. The summed E-state index contributed by atoms with van der Waals surface area (Å²) in [6, 6.07) is 4.85. The average molecular weight is 474 g/mol. The molecular weight excluding hydrogens is 438 g/mol. The molecule has 7 N–H and O–H groups in total. The summed E-state index contributed by atoms with van der Waals surface area (Å²) in [7, 11) is 0. The molecule has 0 spiro atoms. The van der Waals surface area contributed by atoms with E-state index in [9.17, 15) is 19.2 Å². The second kappa shape index (κ2) is 12.2. The molecule has 2 rings (SSSR count). The van der Waals surface area contributed by atoms with Crippen LogP contribution in [0.3, 0.4) is 0 Å². The molecule has 0 aliphatic carbocycles. The Labute approximate surface area is 199 Å². The van der Waals surface area contributed by atoms with Crippen LogP contribution in [0.25, 0.3) is 10.9 Å². The lowest BCUT2D eigenvalue weighted by molar-refractivity contribution is -0.139. The summed E-state index contributed by atoms with van der Waals surface area (Å²) in [6.45, 7) is 6.70. The summed E-state index contributed by atoms with van der Waals surface area (Å²) in [6.07, 6.45) is 2.66. The lowest BCUT2D eigenvalue weighted by Gasteiger charge is -2.26. The number of hydrogen-bond donors (Lipinski definition) is 6. The molecule has 4 unspecified atom stereocenters. The van der Waals surface area contributed by atoms with E-state index in [4.69, 9.17) is 10.8 Å². The summed E-state index contributed by atoms with van der Waals surface area (Å²) in [5.74, 6) is -3.21. The fourth-order valence-corrected chi connectivity index (χ4v) is 3.57. The van der Waals surface area contributed by atoms with Crippen LogP contribution < -0.4 is 21.7 Å². The second-order valence-corrected chi connectivity index (χ2v) is 8.88. The Bertz CT molecular complexity index is 1020. The number of nitrogens with one attached hydrogen (secondary N) is 4. The van der Waals surface area contributed by atoms with Gasteiger partial charge in [-0.3, -0.25) is 19.2 Å². The first kappa shape index (κ1) is 26.8. The molecule has 2 aromatic rings. The summed E-state index contributed by atoms with van der Waals surface area (Å²) in [4.78, 5) is 52.6. The van der Waals surface area contributed by atoms with Gasteiger partial charge in [-0.25, -0.2) is 0 Å². The van der Waals surface area contributed by atoms with Crippen LogP contribution in [0, 0.1) is 11.8 Å². The van der Waals surface area contributed by atoms with Crippen molar-refractivity contribution >= 4 is 34.6 Å². The Morgan fingerprint density at radius 3 is 2.32 bits per heavy atom. The van der Waals surface area contributed by atoms with Crippen LogP contribution in [0.15, 0.2) is 30.5 Å². The van der Waals surface area contributed by atoms with Gasteiger partial charge in [-0.2, -0.15) is 0 Å². The molecular formula is C24H35N5O5. The van der Waals surface area contributed by atoms with E-state index in [1.165, 1.54) is 0 Å². The van der Waals surface area contributed by atoms with Gasteiger partial charge in [0.15, 0.2) is 0 Å². The summed E-state index contributed by atoms with van der Waals surface area (Å²) >= 11 is 0. The Kier molecular flexibility index (Phi) is 9.61.